The molecule has 1 unspecified atom stereocenters. The van der Waals surface area contributed by atoms with Crippen LogP contribution in [0.2, 0.25) is 0 Å². The van der Waals surface area contributed by atoms with Crippen LogP contribution in [0.1, 0.15) is 12.0 Å². The SMILES string of the molecule is NCC(O)COc1ccc2c(c1)NC(=O)CC2. The fourth-order valence-corrected chi connectivity index (χ4v) is 1.70. The molecule has 0 radical (unpaired) electrons. The molecule has 0 saturated carbocycles. The van der Waals surface area contributed by atoms with Crippen LogP contribution in [-0.4, -0.2) is 30.3 Å². The third-order valence-electron chi connectivity index (χ3n) is 2.69. The summed E-state index contributed by atoms with van der Waals surface area (Å²) < 4.78 is 5.38. The van der Waals surface area contributed by atoms with Gasteiger partial charge in [-0.3, -0.25) is 4.79 Å². The molecule has 5 heteroatoms. The van der Waals surface area contributed by atoms with E-state index in [0.717, 1.165) is 17.7 Å². The van der Waals surface area contributed by atoms with Gasteiger partial charge < -0.3 is 20.9 Å². The van der Waals surface area contributed by atoms with Crippen molar-refractivity contribution in [1.82, 2.24) is 0 Å². The number of aryl methyl sites for hydroxylation is 1. The van der Waals surface area contributed by atoms with E-state index in [2.05, 4.69) is 5.32 Å². The molecule has 0 saturated heterocycles. The van der Waals surface area contributed by atoms with Crippen molar-refractivity contribution >= 4 is 11.6 Å². The van der Waals surface area contributed by atoms with Crippen LogP contribution >= 0.6 is 0 Å². The van der Waals surface area contributed by atoms with Crippen molar-refractivity contribution in [2.24, 2.45) is 5.73 Å². The van der Waals surface area contributed by atoms with E-state index in [1.807, 2.05) is 12.1 Å². The lowest BCUT2D eigenvalue weighted by molar-refractivity contribution is -0.116. The number of rotatable bonds is 4. The normalized spacial score (nSPS) is 16.0. The molecule has 1 aliphatic heterocycles. The van der Waals surface area contributed by atoms with E-state index in [4.69, 9.17) is 10.5 Å². The van der Waals surface area contributed by atoms with Gasteiger partial charge >= 0.3 is 0 Å². The van der Waals surface area contributed by atoms with Gasteiger partial charge in [0.15, 0.2) is 0 Å². The Labute approximate surface area is 99.6 Å². The highest BCUT2D eigenvalue weighted by Crippen LogP contribution is 2.27. The molecule has 17 heavy (non-hydrogen) atoms. The van der Waals surface area contributed by atoms with Gasteiger partial charge in [-0.25, -0.2) is 0 Å². The van der Waals surface area contributed by atoms with Crippen LogP contribution in [0.5, 0.6) is 5.75 Å². The summed E-state index contributed by atoms with van der Waals surface area (Å²) in [5.74, 6) is 0.648. The Hall–Kier alpha value is -1.59. The maximum atomic E-state index is 11.2. The Morgan fingerprint density at radius 1 is 1.47 bits per heavy atom. The number of hydrogen-bond acceptors (Lipinski definition) is 4. The van der Waals surface area contributed by atoms with Crippen molar-refractivity contribution in [1.29, 1.82) is 0 Å². The highest BCUT2D eigenvalue weighted by atomic mass is 16.5. The van der Waals surface area contributed by atoms with Gasteiger partial charge in [0.2, 0.25) is 5.91 Å². The van der Waals surface area contributed by atoms with Gasteiger partial charge in [-0.2, -0.15) is 0 Å². The van der Waals surface area contributed by atoms with Crippen LogP contribution in [0.3, 0.4) is 0 Å². The summed E-state index contributed by atoms with van der Waals surface area (Å²) in [6.45, 7) is 0.324. The summed E-state index contributed by atoms with van der Waals surface area (Å²) in [6.07, 6.45) is 0.618. The predicted octanol–water partition coefficient (Wildman–Crippen LogP) is 0.270. The average molecular weight is 236 g/mol. The summed E-state index contributed by atoms with van der Waals surface area (Å²) in [6, 6.07) is 5.54. The number of fused-ring (bicyclic) bond motifs is 1. The third-order valence-corrected chi connectivity index (χ3v) is 2.69. The highest BCUT2D eigenvalue weighted by Gasteiger charge is 2.15. The van der Waals surface area contributed by atoms with Crippen molar-refractivity contribution in [2.75, 3.05) is 18.5 Å². The Bertz CT molecular complexity index is 420. The fourth-order valence-electron chi connectivity index (χ4n) is 1.70. The van der Waals surface area contributed by atoms with E-state index in [0.29, 0.717) is 12.2 Å². The van der Waals surface area contributed by atoms with Gasteiger partial charge in [0, 0.05) is 24.7 Å². The summed E-state index contributed by atoms with van der Waals surface area (Å²) in [7, 11) is 0. The Morgan fingerprint density at radius 2 is 2.29 bits per heavy atom. The number of aliphatic hydroxyl groups is 1. The molecule has 1 atom stereocenters. The van der Waals surface area contributed by atoms with Crippen LogP contribution in [0.4, 0.5) is 5.69 Å². The summed E-state index contributed by atoms with van der Waals surface area (Å²) in [5.41, 5.74) is 7.18. The monoisotopic (exact) mass is 236 g/mol. The first-order valence-electron chi connectivity index (χ1n) is 5.63. The minimum absolute atomic E-state index is 0.0247. The van der Waals surface area contributed by atoms with Crippen LogP contribution in [0.15, 0.2) is 18.2 Å². The van der Waals surface area contributed by atoms with E-state index >= 15 is 0 Å². The first kappa shape index (κ1) is 11.9. The standard InChI is InChI=1S/C12H16N2O3/c13-6-9(15)7-17-10-3-1-8-2-4-12(16)14-11(8)5-10/h1,3,5,9,15H,2,4,6-7,13H2,(H,14,16). The molecule has 1 aliphatic rings. The molecule has 1 amide bonds. The zero-order valence-electron chi connectivity index (χ0n) is 9.48. The molecule has 0 aliphatic carbocycles. The maximum absolute atomic E-state index is 11.2. The summed E-state index contributed by atoms with van der Waals surface area (Å²) >= 11 is 0. The minimum atomic E-state index is -0.666. The number of hydrogen-bond donors (Lipinski definition) is 3. The second kappa shape index (κ2) is 5.16. The number of ether oxygens (including phenoxy) is 1. The number of carbonyl (C=O) groups excluding carboxylic acids is 1. The number of nitrogens with two attached hydrogens (primary N) is 1. The van der Waals surface area contributed by atoms with Gasteiger partial charge in [0.25, 0.3) is 0 Å². The van der Waals surface area contributed by atoms with Crippen molar-refractivity contribution in [3.8, 4) is 5.75 Å². The van der Waals surface area contributed by atoms with Gasteiger partial charge in [-0.05, 0) is 18.1 Å². The van der Waals surface area contributed by atoms with E-state index in [-0.39, 0.29) is 19.1 Å². The van der Waals surface area contributed by atoms with Crippen LogP contribution < -0.4 is 15.8 Å². The van der Waals surface area contributed by atoms with Crippen LogP contribution in [-0.2, 0) is 11.2 Å². The molecule has 92 valence electrons. The molecule has 1 aromatic rings. The minimum Gasteiger partial charge on any atom is -0.491 e. The lowest BCUT2D eigenvalue weighted by atomic mass is 10.0. The molecule has 1 aromatic carbocycles. The molecule has 0 spiro atoms. The molecule has 2 rings (SSSR count). The van der Waals surface area contributed by atoms with Crippen molar-refractivity contribution in [2.45, 2.75) is 18.9 Å². The summed E-state index contributed by atoms with van der Waals surface area (Å²) in [5, 5.41) is 12.1. The average Bonchev–Trinajstić information content (AvgIpc) is 2.35. The van der Waals surface area contributed by atoms with Crippen molar-refractivity contribution < 1.29 is 14.6 Å². The van der Waals surface area contributed by atoms with Crippen molar-refractivity contribution in [3.05, 3.63) is 23.8 Å². The fraction of sp³-hybridized carbons (Fsp3) is 0.417. The Morgan fingerprint density at radius 3 is 3.06 bits per heavy atom. The zero-order chi connectivity index (χ0) is 12.3. The van der Waals surface area contributed by atoms with Gasteiger partial charge in [-0.15, -0.1) is 0 Å². The van der Waals surface area contributed by atoms with Crippen molar-refractivity contribution in [3.63, 3.8) is 0 Å². The molecule has 1 heterocycles. The molecular weight excluding hydrogens is 220 g/mol. The van der Waals surface area contributed by atoms with Crippen LogP contribution in [0.25, 0.3) is 0 Å². The Balaban J connectivity index is 2.05. The second-order valence-electron chi connectivity index (χ2n) is 4.07. The first-order chi connectivity index (χ1) is 8.19. The second-order valence-corrected chi connectivity index (χ2v) is 4.07. The topological polar surface area (TPSA) is 84.6 Å². The first-order valence-corrected chi connectivity index (χ1v) is 5.63. The van der Waals surface area contributed by atoms with Crippen LogP contribution in [0, 0.1) is 0 Å². The number of benzene rings is 1. The number of nitrogens with one attached hydrogen (secondary N) is 1. The van der Waals surface area contributed by atoms with Gasteiger partial charge in [-0.1, -0.05) is 6.07 Å². The predicted molar refractivity (Wildman–Crippen MR) is 63.9 cm³/mol. The highest BCUT2D eigenvalue weighted by molar-refractivity contribution is 5.94. The summed E-state index contributed by atoms with van der Waals surface area (Å²) in [4.78, 5) is 11.2. The number of amides is 1. The lowest BCUT2D eigenvalue weighted by Crippen LogP contribution is -2.26. The molecule has 4 N–H and O–H groups in total. The quantitative estimate of drug-likeness (QED) is 0.700. The molecule has 0 fully saturated rings. The lowest BCUT2D eigenvalue weighted by Gasteiger charge is -2.18. The van der Waals surface area contributed by atoms with E-state index < -0.39 is 6.10 Å². The number of aliphatic hydroxyl groups excluding tert-OH is 1. The number of carbonyl (C=O) groups is 1. The smallest absolute Gasteiger partial charge is 0.224 e. The molecule has 0 aromatic heterocycles. The van der Waals surface area contributed by atoms with E-state index in [9.17, 15) is 9.90 Å². The van der Waals surface area contributed by atoms with Gasteiger partial charge in [0.05, 0.1) is 0 Å². The van der Waals surface area contributed by atoms with E-state index in [1.54, 1.807) is 6.07 Å². The maximum Gasteiger partial charge on any atom is 0.224 e. The van der Waals surface area contributed by atoms with Gasteiger partial charge in [0.1, 0.15) is 18.5 Å². The van der Waals surface area contributed by atoms with E-state index in [1.165, 1.54) is 0 Å². The largest absolute Gasteiger partial charge is 0.491 e. The number of anilines is 1. The molecule has 5 nitrogen and oxygen atoms in total. The molecule has 0 bridgehead atoms. The third kappa shape index (κ3) is 2.95. The Kier molecular flexibility index (Phi) is 3.61. The zero-order valence-corrected chi connectivity index (χ0v) is 9.48. The molecular formula is C12H16N2O3.